The first-order valence-corrected chi connectivity index (χ1v) is 5.16. The smallest absolute Gasteiger partial charge is 0.303 e. The van der Waals surface area contributed by atoms with Crippen LogP contribution < -0.4 is 5.32 Å². The van der Waals surface area contributed by atoms with E-state index in [1.807, 2.05) is 6.92 Å². The van der Waals surface area contributed by atoms with Crippen LogP contribution in [-0.4, -0.2) is 42.9 Å². The molecule has 2 N–H and O–H groups in total. The molecule has 0 aliphatic heterocycles. The van der Waals surface area contributed by atoms with E-state index < -0.39 is 5.97 Å². The minimum Gasteiger partial charge on any atom is -0.481 e. The molecule has 1 unspecified atom stereocenters. The standard InChI is InChI=1S/C9H12N6O2/c1-6(4-9(16)17)5-10-7-2-3-8-11-13-14-15(8)12-7/h2-3,6H,4-5H2,1H3,(H,10,12)(H,16,17). The molecule has 0 amide bonds. The van der Waals surface area contributed by atoms with Crippen molar-refractivity contribution in [2.24, 2.45) is 5.92 Å². The summed E-state index contributed by atoms with van der Waals surface area (Å²) in [4.78, 5) is 10.5. The summed E-state index contributed by atoms with van der Waals surface area (Å²) in [5, 5.41) is 26.6. The van der Waals surface area contributed by atoms with Crippen LogP contribution in [0, 0.1) is 5.92 Å². The number of carbonyl (C=O) groups is 1. The Labute approximate surface area is 96.6 Å². The fourth-order valence-electron chi connectivity index (χ4n) is 1.39. The lowest BCUT2D eigenvalue weighted by Crippen LogP contribution is -2.16. The molecule has 1 atom stereocenters. The number of hydrogen-bond acceptors (Lipinski definition) is 6. The van der Waals surface area contributed by atoms with E-state index >= 15 is 0 Å². The molecule has 0 aromatic carbocycles. The summed E-state index contributed by atoms with van der Waals surface area (Å²) in [6, 6.07) is 3.48. The lowest BCUT2D eigenvalue weighted by atomic mass is 10.1. The summed E-state index contributed by atoms with van der Waals surface area (Å²) in [5.41, 5.74) is 0.564. The first-order chi connectivity index (χ1) is 8.15. The molecule has 2 heterocycles. The highest BCUT2D eigenvalue weighted by molar-refractivity contribution is 5.67. The summed E-state index contributed by atoms with van der Waals surface area (Å²) < 4.78 is 1.31. The van der Waals surface area contributed by atoms with Crippen molar-refractivity contribution in [1.29, 1.82) is 0 Å². The Hall–Kier alpha value is -2.25. The average Bonchev–Trinajstić information content (AvgIpc) is 2.72. The third kappa shape index (κ3) is 2.86. The van der Waals surface area contributed by atoms with Crippen LogP contribution in [0.5, 0.6) is 0 Å². The lowest BCUT2D eigenvalue weighted by molar-refractivity contribution is -0.137. The number of hydrogen-bond donors (Lipinski definition) is 2. The molecule has 0 saturated carbocycles. The molecular weight excluding hydrogens is 224 g/mol. The Morgan fingerprint density at radius 2 is 2.41 bits per heavy atom. The zero-order valence-electron chi connectivity index (χ0n) is 9.24. The second kappa shape index (κ2) is 4.73. The van der Waals surface area contributed by atoms with Crippen LogP contribution in [0.25, 0.3) is 5.65 Å². The third-order valence-corrected chi connectivity index (χ3v) is 2.22. The number of anilines is 1. The molecular formula is C9H12N6O2. The van der Waals surface area contributed by atoms with Gasteiger partial charge in [0, 0.05) is 13.0 Å². The number of rotatable bonds is 5. The zero-order valence-corrected chi connectivity index (χ0v) is 9.24. The molecule has 0 saturated heterocycles. The minimum atomic E-state index is -0.803. The van der Waals surface area contributed by atoms with Gasteiger partial charge in [0.2, 0.25) is 0 Å². The fraction of sp³-hybridized carbons (Fsp3) is 0.444. The van der Waals surface area contributed by atoms with Gasteiger partial charge in [-0.3, -0.25) is 4.79 Å². The van der Waals surface area contributed by atoms with E-state index in [1.165, 1.54) is 4.63 Å². The van der Waals surface area contributed by atoms with Crippen molar-refractivity contribution in [2.75, 3.05) is 11.9 Å². The third-order valence-electron chi connectivity index (χ3n) is 2.22. The average molecular weight is 236 g/mol. The summed E-state index contributed by atoms with van der Waals surface area (Å²) in [6.07, 6.45) is 0.125. The maximum Gasteiger partial charge on any atom is 0.303 e. The van der Waals surface area contributed by atoms with Gasteiger partial charge in [0.25, 0.3) is 0 Å². The summed E-state index contributed by atoms with van der Waals surface area (Å²) in [5.74, 6) is -0.163. The second-order valence-electron chi connectivity index (χ2n) is 3.83. The predicted octanol–water partition coefficient (Wildman–Crippen LogP) is 0.0420. The van der Waals surface area contributed by atoms with E-state index in [0.717, 1.165) is 0 Å². The van der Waals surface area contributed by atoms with E-state index in [4.69, 9.17) is 5.11 Å². The Balaban J connectivity index is 1.96. The highest BCUT2D eigenvalue weighted by Crippen LogP contribution is 2.06. The normalized spacial score (nSPS) is 12.5. The molecule has 0 bridgehead atoms. The number of fused-ring (bicyclic) bond motifs is 1. The monoisotopic (exact) mass is 236 g/mol. The van der Waals surface area contributed by atoms with E-state index in [2.05, 4.69) is 25.9 Å². The number of carboxylic acid groups (broad SMARTS) is 1. The minimum absolute atomic E-state index is 0.0267. The van der Waals surface area contributed by atoms with Crippen molar-refractivity contribution < 1.29 is 9.90 Å². The fourth-order valence-corrected chi connectivity index (χ4v) is 1.39. The van der Waals surface area contributed by atoms with Gasteiger partial charge in [-0.2, -0.15) is 0 Å². The van der Waals surface area contributed by atoms with Gasteiger partial charge < -0.3 is 10.4 Å². The largest absolute Gasteiger partial charge is 0.481 e. The number of carboxylic acids is 1. The molecule has 0 fully saturated rings. The maximum atomic E-state index is 10.5. The van der Waals surface area contributed by atoms with Crippen molar-refractivity contribution in [3.63, 3.8) is 0 Å². The van der Waals surface area contributed by atoms with Gasteiger partial charge in [-0.25, -0.2) is 0 Å². The summed E-state index contributed by atoms with van der Waals surface area (Å²) >= 11 is 0. The molecule has 0 radical (unpaired) electrons. The van der Waals surface area contributed by atoms with Crippen molar-refractivity contribution >= 4 is 17.4 Å². The van der Waals surface area contributed by atoms with E-state index in [1.54, 1.807) is 12.1 Å². The number of aliphatic carboxylic acids is 1. The number of aromatic nitrogens is 5. The Morgan fingerprint density at radius 1 is 1.59 bits per heavy atom. The topological polar surface area (TPSA) is 105 Å². The van der Waals surface area contributed by atoms with Crippen molar-refractivity contribution in [2.45, 2.75) is 13.3 Å². The first-order valence-electron chi connectivity index (χ1n) is 5.16. The van der Waals surface area contributed by atoms with Crippen LogP contribution in [0.1, 0.15) is 13.3 Å². The SMILES string of the molecule is CC(CNc1ccc2nnnn2n1)CC(=O)O. The Bertz CT molecular complexity index is 525. The van der Waals surface area contributed by atoms with Crippen LogP contribution in [0.2, 0.25) is 0 Å². The van der Waals surface area contributed by atoms with Gasteiger partial charge in [-0.05, 0) is 28.5 Å². The van der Waals surface area contributed by atoms with Crippen molar-refractivity contribution in [3.05, 3.63) is 12.1 Å². The number of nitrogens with zero attached hydrogens (tertiary/aromatic N) is 5. The predicted molar refractivity (Wildman–Crippen MR) is 58.5 cm³/mol. The summed E-state index contributed by atoms with van der Waals surface area (Å²) in [7, 11) is 0. The van der Waals surface area contributed by atoms with Gasteiger partial charge in [0.05, 0.1) is 0 Å². The van der Waals surface area contributed by atoms with Crippen LogP contribution in [0.15, 0.2) is 12.1 Å². The number of nitrogens with one attached hydrogen (secondary N) is 1. The molecule has 90 valence electrons. The molecule has 0 aliphatic rings. The number of tetrazole rings is 1. The van der Waals surface area contributed by atoms with Gasteiger partial charge in [-0.1, -0.05) is 6.92 Å². The van der Waals surface area contributed by atoms with Crippen LogP contribution in [-0.2, 0) is 4.79 Å². The Morgan fingerprint density at radius 3 is 3.18 bits per heavy atom. The zero-order chi connectivity index (χ0) is 12.3. The molecule has 17 heavy (non-hydrogen) atoms. The van der Waals surface area contributed by atoms with Crippen LogP contribution in [0.4, 0.5) is 5.82 Å². The van der Waals surface area contributed by atoms with E-state index in [0.29, 0.717) is 18.0 Å². The summed E-state index contributed by atoms with van der Waals surface area (Å²) in [6.45, 7) is 2.39. The highest BCUT2D eigenvalue weighted by atomic mass is 16.4. The molecule has 8 nitrogen and oxygen atoms in total. The van der Waals surface area contributed by atoms with E-state index in [9.17, 15) is 4.79 Å². The van der Waals surface area contributed by atoms with Crippen molar-refractivity contribution in [1.82, 2.24) is 25.3 Å². The van der Waals surface area contributed by atoms with E-state index in [-0.39, 0.29) is 12.3 Å². The maximum absolute atomic E-state index is 10.5. The first kappa shape index (κ1) is 11.2. The van der Waals surface area contributed by atoms with Gasteiger partial charge in [0.1, 0.15) is 5.82 Å². The molecule has 2 rings (SSSR count). The molecule has 2 aromatic rings. The quantitative estimate of drug-likeness (QED) is 0.755. The van der Waals surface area contributed by atoms with Gasteiger partial charge >= 0.3 is 5.97 Å². The van der Waals surface area contributed by atoms with Gasteiger partial charge in [0.15, 0.2) is 5.65 Å². The van der Waals surface area contributed by atoms with Gasteiger partial charge in [-0.15, -0.1) is 14.8 Å². The molecule has 0 spiro atoms. The highest BCUT2D eigenvalue weighted by Gasteiger charge is 2.08. The lowest BCUT2D eigenvalue weighted by Gasteiger charge is -2.10. The Kier molecular flexibility index (Phi) is 3.12. The molecule has 2 aromatic heterocycles. The molecule has 8 heteroatoms. The van der Waals surface area contributed by atoms with Crippen LogP contribution >= 0.6 is 0 Å². The second-order valence-corrected chi connectivity index (χ2v) is 3.83. The van der Waals surface area contributed by atoms with Crippen molar-refractivity contribution in [3.8, 4) is 0 Å². The van der Waals surface area contributed by atoms with Crippen LogP contribution in [0.3, 0.4) is 0 Å². The molecule has 0 aliphatic carbocycles.